The maximum absolute atomic E-state index is 12.2. The van der Waals surface area contributed by atoms with Crippen molar-refractivity contribution in [2.45, 2.75) is 19.8 Å². The average Bonchev–Trinajstić information content (AvgIpc) is 2.86. The molecule has 0 saturated carbocycles. The Hall–Kier alpha value is -4.21. The fourth-order valence-electron chi connectivity index (χ4n) is 3.85. The summed E-state index contributed by atoms with van der Waals surface area (Å²) in [6.07, 6.45) is 2.67. The number of rotatable bonds is 8. The van der Waals surface area contributed by atoms with Gasteiger partial charge in [-0.05, 0) is 56.2 Å². The maximum Gasteiger partial charge on any atom is 0.353 e. The van der Waals surface area contributed by atoms with E-state index in [-0.39, 0.29) is 29.2 Å². The molecule has 4 rings (SSSR count). The van der Waals surface area contributed by atoms with E-state index < -0.39 is 4.92 Å². The van der Waals surface area contributed by atoms with Gasteiger partial charge in [0.25, 0.3) is 0 Å². The number of nitrogens with zero attached hydrogens (tertiary/aromatic N) is 4. The highest BCUT2D eigenvalue weighted by atomic mass is 16.6. The summed E-state index contributed by atoms with van der Waals surface area (Å²) in [5, 5.41) is 15.0. The largest absolute Gasteiger partial charge is 0.466 e. The zero-order valence-electron chi connectivity index (χ0n) is 18.7. The van der Waals surface area contributed by atoms with Crippen LogP contribution in [-0.2, 0) is 9.53 Å². The molecule has 0 amide bonds. The first-order valence-corrected chi connectivity index (χ1v) is 11.1. The number of hydrogen-bond donors (Lipinski definition) is 1. The van der Waals surface area contributed by atoms with Gasteiger partial charge >= 0.3 is 11.7 Å². The molecule has 0 spiro atoms. The fourth-order valence-corrected chi connectivity index (χ4v) is 3.85. The summed E-state index contributed by atoms with van der Waals surface area (Å²) in [4.78, 5) is 33.8. The lowest BCUT2D eigenvalue weighted by Crippen LogP contribution is -2.40. The second-order valence-corrected chi connectivity index (χ2v) is 7.75. The van der Waals surface area contributed by atoms with Crippen LogP contribution in [0.2, 0.25) is 0 Å². The Bertz CT molecular complexity index is 1140. The lowest BCUT2D eigenvalue weighted by molar-refractivity contribution is -0.383. The molecule has 10 nitrogen and oxygen atoms in total. The van der Waals surface area contributed by atoms with E-state index in [1.54, 1.807) is 36.1 Å². The van der Waals surface area contributed by atoms with Crippen LogP contribution in [0.5, 0.6) is 11.5 Å². The fraction of sp³-hybridized carbons (Fsp3) is 0.292. The number of carbonyl (C=O) groups excluding carboxylic acids is 1. The summed E-state index contributed by atoms with van der Waals surface area (Å²) >= 11 is 0. The smallest absolute Gasteiger partial charge is 0.353 e. The van der Waals surface area contributed by atoms with E-state index >= 15 is 0 Å². The first kappa shape index (κ1) is 23.0. The number of hydrogen-bond acceptors (Lipinski definition) is 9. The number of anilines is 3. The van der Waals surface area contributed by atoms with Crippen molar-refractivity contribution in [2.24, 2.45) is 5.92 Å². The Morgan fingerprint density at radius 3 is 2.59 bits per heavy atom. The molecule has 1 unspecified atom stereocenters. The number of carbonyl (C=O) groups is 1. The van der Waals surface area contributed by atoms with Gasteiger partial charge in [0, 0.05) is 18.8 Å². The molecule has 1 N–H and O–H groups in total. The standard InChI is InChI=1S/C24H25N5O5/c1-2-33-24(30)17-7-6-14-28(15-17)23-21(29(31)32)22(25-16-26-23)27-18-10-12-20(13-11-18)34-19-8-4-3-5-9-19/h3-5,8-13,16-17H,2,6-7,14-15H2,1H3,(H,25,26,27). The minimum Gasteiger partial charge on any atom is -0.466 e. The number of ether oxygens (including phenoxy) is 2. The van der Waals surface area contributed by atoms with Crippen LogP contribution in [0.3, 0.4) is 0 Å². The predicted octanol–water partition coefficient (Wildman–Crippen LogP) is 4.70. The molecule has 1 saturated heterocycles. The van der Waals surface area contributed by atoms with Crippen molar-refractivity contribution in [3.05, 3.63) is 71.0 Å². The van der Waals surface area contributed by atoms with Gasteiger partial charge in [-0.1, -0.05) is 18.2 Å². The van der Waals surface area contributed by atoms with Crippen molar-refractivity contribution >= 4 is 29.0 Å². The second kappa shape index (κ2) is 10.6. The molecule has 1 atom stereocenters. The van der Waals surface area contributed by atoms with Crippen molar-refractivity contribution in [1.29, 1.82) is 0 Å². The molecule has 2 heterocycles. The molecule has 10 heteroatoms. The van der Waals surface area contributed by atoms with Gasteiger partial charge in [0.05, 0.1) is 17.4 Å². The van der Waals surface area contributed by atoms with Crippen LogP contribution in [-0.4, -0.2) is 40.6 Å². The Morgan fingerprint density at radius 1 is 1.15 bits per heavy atom. The third-order valence-electron chi connectivity index (χ3n) is 5.42. The Balaban J connectivity index is 1.53. The van der Waals surface area contributed by atoms with Crippen molar-refractivity contribution in [3.8, 4) is 11.5 Å². The SMILES string of the molecule is CCOC(=O)C1CCCN(c2ncnc(Nc3ccc(Oc4ccccc4)cc3)c2[N+](=O)[O-])C1. The normalized spacial score (nSPS) is 15.4. The number of nitrogens with one attached hydrogen (secondary N) is 1. The first-order valence-electron chi connectivity index (χ1n) is 11.1. The Morgan fingerprint density at radius 2 is 1.88 bits per heavy atom. The molecule has 0 bridgehead atoms. The molecule has 0 aliphatic carbocycles. The lowest BCUT2D eigenvalue weighted by atomic mass is 9.98. The van der Waals surface area contributed by atoms with Crippen molar-refractivity contribution in [3.63, 3.8) is 0 Å². The molecule has 2 aromatic carbocycles. The third kappa shape index (κ3) is 5.40. The van der Waals surface area contributed by atoms with Crippen LogP contribution < -0.4 is 15.0 Å². The Labute approximate surface area is 196 Å². The summed E-state index contributed by atoms with van der Waals surface area (Å²) in [5.74, 6) is 0.956. The van der Waals surface area contributed by atoms with E-state index in [0.717, 1.165) is 0 Å². The van der Waals surface area contributed by atoms with Crippen molar-refractivity contribution < 1.29 is 19.2 Å². The summed E-state index contributed by atoms with van der Waals surface area (Å²) in [6.45, 7) is 2.92. The van der Waals surface area contributed by atoms with Gasteiger partial charge < -0.3 is 19.7 Å². The highest BCUT2D eigenvalue weighted by Gasteiger charge is 2.33. The van der Waals surface area contributed by atoms with E-state index in [0.29, 0.717) is 49.7 Å². The number of esters is 1. The van der Waals surface area contributed by atoms with E-state index in [2.05, 4.69) is 15.3 Å². The summed E-state index contributed by atoms with van der Waals surface area (Å²) in [6, 6.07) is 16.4. The van der Waals surface area contributed by atoms with Crippen molar-refractivity contribution in [2.75, 3.05) is 29.9 Å². The van der Waals surface area contributed by atoms with Crippen LogP contribution in [0, 0.1) is 16.0 Å². The van der Waals surface area contributed by atoms with Gasteiger partial charge in [-0.2, -0.15) is 0 Å². The average molecular weight is 463 g/mol. The zero-order valence-corrected chi connectivity index (χ0v) is 18.7. The summed E-state index contributed by atoms with van der Waals surface area (Å²) < 4.78 is 10.9. The monoisotopic (exact) mass is 463 g/mol. The molecular weight excluding hydrogens is 438 g/mol. The molecule has 3 aromatic rings. The quantitative estimate of drug-likeness (QED) is 0.288. The van der Waals surface area contributed by atoms with Crippen LogP contribution >= 0.6 is 0 Å². The molecule has 34 heavy (non-hydrogen) atoms. The maximum atomic E-state index is 12.2. The van der Waals surface area contributed by atoms with E-state index in [1.807, 2.05) is 30.3 Å². The highest BCUT2D eigenvalue weighted by molar-refractivity contribution is 5.77. The molecule has 176 valence electrons. The van der Waals surface area contributed by atoms with Gasteiger partial charge in [0.15, 0.2) is 0 Å². The molecule has 0 radical (unpaired) electrons. The van der Waals surface area contributed by atoms with Crippen molar-refractivity contribution in [1.82, 2.24) is 9.97 Å². The Kier molecular flexibility index (Phi) is 7.16. The van der Waals surface area contributed by atoms with E-state index in [4.69, 9.17) is 9.47 Å². The number of piperidine rings is 1. The first-order chi connectivity index (χ1) is 16.5. The van der Waals surface area contributed by atoms with Crippen LogP contribution in [0.4, 0.5) is 23.0 Å². The summed E-state index contributed by atoms with van der Waals surface area (Å²) in [5.41, 5.74) is 0.368. The summed E-state index contributed by atoms with van der Waals surface area (Å²) in [7, 11) is 0. The van der Waals surface area contributed by atoms with Gasteiger partial charge in [0.2, 0.25) is 11.6 Å². The van der Waals surface area contributed by atoms with Gasteiger partial charge in [-0.3, -0.25) is 14.9 Å². The van der Waals surface area contributed by atoms with Gasteiger partial charge in [-0.15, -0.1) is 0 Å². The van der Waals surface area contributed by atoms with E-state index in [9.17, 15) is 14.9 Å². The van der Waals surface area contributed by atoms with Crippen LogP contribution in [0.1, 0.15) is 19.8 Å². The topological polar surface area (TPSA) is 120 Å². The van der Waals surface area contributed by atoms with E-state index in [1.165, 1.54) is 6.33 Å². The lowest BCUT2D eigenvalue weighted by Gasteiger charge is -2.32. The number of nitro groups is 1. The number of para-hydroxylation sites is 1. The van der Waals surface area contributed by atoms with Crippen LogP contribution in [0.25, 0.3) is 0 Å². The molecular formula is C24H25N5O5. The molecule has 1 aliphatic heterocycles. The number of benzene rings is 2. The molecule has 1 fully saturated rings. The minimum absolute atomic E-state index is 0.0741. The predicted molar refractivity (Wildman–Crippen MR) is 126 cm³/mol. The van der Waals surface area contributed by atoms with Gasteiger partial charge in [-0.25, -0.2) is 9.97 Å². The minimum atomic E-state index is -0.501. The number of aromatic nitrogens is 2. The third-order valence-corrected chi connectivity index (χ3v) is 5.42. The van der Waals surface area contributed by atoms with Crippen LogP contribution in [0.15, 0.2) is 60.9 Å². The molecule has 1 aromatic heterocycles. The van der Waals surface area contributed by atoms with Gasteiger partial charge in [0.1, 0.15) is 17.8 Å². The molecule has 1 aliphatic rings. The second-order valence-electron chi connectivity index (χ2n) is 7.75. The zero-order chi connectivity index (χ0) is 23.9. The highest BCUT2D eigenvalue weighted by Crippen LogP contribution is 2.36.